The summed E-state index contributed by atoms with van der Waals surface area (Å²) in [5.74, 6) is 1.74. The molecule has 150 valence electrons. The third-order valence-electron chi connectivity index (χ3n) is 4.89. The van der Waals surface area contributed by atoms with Crippen LogP contribution in [0.5, 0.6) is 17.2 Å². The molecule has 2 aliphatic heterocycles. The number of nitrogens with one attached hydrogen (secondary N) is 1. The van der Waals surface area contributed by atoms with E-state index in [9.17, 15) is 9.59 Å². The number of nitrogens with zero attached hydrogens (tertiary/aromatic N) is 1. The average molecular weight is 394 g/mol. The lowest BCUT2D eigenvalue weighted by Crippen LogP contribution is -2.41. The van der Waals surface area contributed by atoms with Gasteiger partial charge in [0.15, 0.2) is 11.5 Å². The van der Waals surface area contributed by atoms with E-state index in [0.717, 1.165) is 5.56 Å². The average Bonchev–Trinajstić information content (AvgIpc) is 3.33. The van der Waals surface area contributed by atoms with Gasteiger partial charge in [-0.3, -0.25) is 9.59 Å². The molecule has 2 aromatic rings. The lowest BCUT2D eigenvalue weighted by molar-refractivity contribution is -0.133. The smallest absolute Gasteiger partial charge is 0.247 e. The van der Waals surface area contributed by atoms with Crippen LogP contribution in [0.4, 0.5) is 5.69 Å². The Hall–Kier alpha value is -3.48. The minimum absolute atomic E-state index is 0.0362. The first kappa shape index (κ1) is 18.9. The summed E-state index contributed by atoms with van der Waals surface area (Å²) in [6.45, 7) is 4.55. The number of likely N-dealkylation sites (tertiary alicyclic amines) is 1. The summed E-state index contributed by atoms with van der Waals surface area (Å²) in [6.07, 6.45) is 2.50. The predicted molar refractivity (Wildman–Crippen MR) is 107 cm³/mol. The number of fused-ring (bicyclic) bond motifs is 1. The molecule has 1 N–H and O–H groups in total. The van der Waals surface area contributed by atoms with Crippen LogP contribution in [0.2, 0.25) is 0 Å². The van der Waals surface area contributed by atoms with E-state index in [1.165, 1.54) is 0 Å². The van der Waals surface area contributed by atoms with Crippen molar-refractivity contribution in [2.45, 2.75) is 25.4 Å². The maximum atomic E-state index is 12.9. The molecule has 1 fully saturated rings. The fraction of sp³-hybridized carbons (Fsp3) is 0.273. The Morgan fingerprint density at radius 2 is 2.10 bits per heavy atom. The van der Waals surface area contributed by atoms with Crippen LogP contribution in [0.1, 0.15) is 18.4 Å². The molecular weight excluding hydrogens is 372 g/mol. The first-order valence-electron chi connectivity index (χ1n) is 9.46. The molecule has 0 aromatic heterocycles. The van der Waals surface area contributed by atoms with Gasteiger partial charge in [0.1, 0.15) is 18.4 Å². The molecular formula is C22H22N2O5. The van der Waals surface area contributed by atoms with E-state index in [-0.39, 0.29) is 18.6 Å². The summed E-state index contributed by atoms with van der Waals surface area (Å²) in [5.41, 5.74) is 1.51. The first-order chi connectivity index (χ1) is 14.1. The van der Waals surface area contributed by atoms with Crippen molar-refractivity contribution in [3.8, 4) is 17.2 Å². The van der Waals surface area contributed by atoms with Crippen LogP contribution in [0, 0.1) is 0 Å². The van der Waals surface area contributed by atoms with Crippen molar-refractivity contribution < 1.29 is 23.8 Å². The molecule has 4 rings (SSSR count). The number of carbonyl (C=O) groups is 2. The number of benzene rings is 2. The Bertz CT molecular complexity index is 943. The van der Waals surface area contributed by atoms with Crippen molar-refractivity contribution >= 4 is 17.5 Å². The molecule has 29 heavy (non-hydrogen) atoms. The van der Waals surface area contributed by atoms with Crippen LogP contribution < -0.4 is 19.5 Å². The Balaban J connectivity index is 1.44. The molecule has 0 spiro atoms. The van der Waals surface area contributed by atoms with Crippen LogP contribution in [0.25, 0.3) is 0 Å². The largest absolute Gasteiger partial charge is 0.489 e. The SMILES string of the molecule is C=CCOc1cccc(NC(=O)C2CCC(=O)N2Cc2ccc3c(c2)OCO3)c1. The molecule has 0 aliphatic carbocycles. The zero-order valence-electron chi connectivity index (χ0n) is 15.9. The van der Waals surface area contributed by atoms with E-state index in [4.69, 9.17) is 14.2 Å². The van der Waals surface area contributed by atoms with E-state index in [0.29, 0.717) is 48.9 Å². The molecule has 7 nitrogen and oxygen atoms in total. The van der Waals surface area contributed by atoms with E-state index in [1.54, 1.807) is 29.2 Å². The summed E-state index contributed by atoms with van der Waals surface area (Å²) in [4.78, 5) is 26.9. The summed E-state index contributed by atoms with van der Waals surface area (Å²) < 4.78 is 16.2. The number of anilines is 1. The third-order valence-corrected chi connectivity index (χ3v) is 4.89. The second-order valence-corrected chi connectivity index (χ2v) is 6.88. The zero-order chi connectivity index (χ0) is 20.2. The third kappa shape index (κ3) is 4.18. The highest BCUT2D eigenvalue weighted by atomic mass is 16.7. The van der Waals surface area contributed by atoms with Crippen molar-refractivity contribution in [2.24, 2.45) is 0 Å². The van der Waals surface area contributed by atoms with Crippen molar-refractivity contribution in [1.29, 1.82) is 0 Å². The molecule has 7 heteroatoms. The van der Waals surface area contributed by atoms with Gasteiger partial charge in [0, 0.05) is 24.7 Å². The predicted octanol–water partition coefficient (Wildman–Crippen LogP) is 3.11. The second kappa shape index (κ2) is 8.26. The fourth-order valence-electron chi connectivity index (χ4n) is 3.48. The first-order valence-corrected chi connectivity index (χ1v) is 9.46. The lowest BCUT2D eigenvalue weighted by Gasteiger charge is -2.24. The number of ether oxygens (including phenoxy) is 3. The lowest BCUT2D eigenvalue weighted by atomic mass is 10.1. The van der Waals surface area contributed by atoms with Gasteiger partial charge < -0.3 is 24.4 Å². The molecule has 1 atom stereocenters. The Morgan fingerprint density at radius 3 is 2.97 bits per heavy atom. The second-order valence-electron chi connectivity index (χ2n) is 6.88. The van der Waals surface area contributed by atoms with E-state index in [1.807, 2.05) is 24.3 Å². The van der Waals surface area contributed by atoms with Gasteiger partial charge in [0.25, 0.3) is 0 Å². The van der Waals surface area contributed by atoms with Gasteiger partial charge in [-0.05, 0) is 36.2 Å². The van der Waals surface area contributed by atoms with Gasteiger partial charge in [-0.15, -0.1) is 0 Å². The monoisotopic (exact) mass is 394 g/mol. The summed E-state index contributed by atoms with van der Waals surface area (Å²) in [7, 11) is 0. The van der Waals surface area contributed by atoms with Gasteiger partial charge in [0.05, 0.1) is 0 Å². The quantitative estimate of drug-likeness (QED) is 0.730. The van der Waals surface area contributed by atoms with Crippen LogP contribution in [-0.4, -0.2) is 36.2 Å². The minimum Gasteiger partial charge on any atom is -0.489 e. The van der Waals surface area contributed by atoms with Crippen LogP contribution in [0.15, 0.2) is 55.1 Å². The maximum absolute atomic E-state index is 12.9. The van der Waals surface area contributed by atoms with Crippen molar-refractivity contribution in [1.82, 2.24) is 4.90 Å². The number of rotatable bonds is 7. The standard InChI is InChI=1S/C22H22N2O5/c1-2-10-27-17-5-3-4-16(12-17)23-22(26)18-7-9-21(25)24(18)13-15-6-8-19-20(11-15)29-14-28-19/h2-6,8,11-12,18H,1,7,9-10,13-14H2,(H,23,26). The van der Waals surface area contributed by atoms with Gasteiger partial charge in [-0.2, -0.15) is 0 Å². The Labute approximate surface area is 168 Å². The maximum Gasteiger partial charge on any atom is 0.247 e. The van der Waals surface area contributed by atoms with Gasteiger partial charge in [-0.1, -0.05) is 24.8 Å². The molecule has 0 radical (unpaired) electrons. The minimum atomic E-state index is -0.523. The van der Waals surface area contributed by atoms with E-state index < -0.39 is 6.04 Å². The normalized spacial score (nSPS) is 17.3. The summed E-state index contributed by atoms with van der Waals surface area (Å²) >= 11 is 0. The van der Waals surface area contributed by atoms with Gasteiger partial charge >= 0.3 is 0 Å². The van der Waals surface area contributed by atoms with E-state index >= 15 is 0 Å². The van der Waals surface area contributed by atoms with Crippen molar-refractivity contribution in [2.75, 3.05) is 18.7 Å². The summed E-state index contributed by atoms with van der Waals surface area (Å²) in [5, 5.41) is 2.90. The highest BCUT2D eigenvalue weighted by Gasteiger charge is 2.36. The number of hydrogen-bond donors (Lipinski definition) is 1. The van der Waals surface area contributed by atoms with Crippen LogP contribution in [0.3, 0.4) is 0 Å². The van der Waals surface area contributed by atoms with Gasteiger partial charge in [-0.25, -0.2) is 0 Å². The van der Waals surface area contributed by atoms with Crippen LogP contribution >= 0.6 is 0 Å². The highest BCUT2D eigenvalue weighted by molar-refractivity contribution is 5.99. The molecule has 0 saturated carbocycles. The molecule has 0 bridgehead atoms. The van der Waals surface area contributed by atoms with Crippen molar-refractivity contribution in [3.63, 3.8) is 0 Å². The Morgan fingerprint density at radius 1 is 1.24 bits per heavy atom. The zero-order valence-corrected chi connectivity index (χ0v) is 15.9. The molecule has 2 aliphatic rings. The number of carbonyl (C=O) groups excluding carboxylic acids is 2. The molecule has 2 aromatic carbocycles. The molecule has 1 saturated heterocycles. The number of hydrogen-bond acceptors (Lipinski definition) is 5. The molecule has 2 amide bonds. The summed E-state index contributed by atoms with van der Waals surface area (Å²) in [6, 6.07) is 12.2. The fourth-order valence-corrected chi connectivity index (χ4v) is 3.48. The number of amides is 2. The van der Waals surface area contributed by atoms with Gasteiger partial charge in [0.2, 0.25) is 18.6 Å². The topological polar surface area (TPSA) is 77.1 Å². The molecule has 1 unspecified atom stereocenters. The van der Waals surface area contributed by atoms with Crippen LogP contribution in [-0.2, 0) is 16.1 Å². The molecule has 2 heterocycles. The Kier molecular flexibility index (Phi) is 5.37. The highest BCUT2D eigenvalue weighted by Crippen LogP contribution is 2.33. The van der Waals surface area contributed by atoms with E-state index in [2.05, 4.69) is 11.9 Å². The van der Waals surface area contributed by atoms with Crippen molar-refractivity contribution in [3.05, 3.63) is 60.7 Å².